The van der Waals surface area contributed by atoms with Crippen molar-refractivity contribution in [3.63, 3.8) is 0 Å². The third-order valence-corrected chi connectivity index (χ3v) is 4.06. The molecule has 1 saturated heterocycles. The summed E-state index contributed by atoms with van der Waals surface area (Å²) in [5.74, 6) is 1.10. The Kier molecular flexibility index (Phi) is 5.26. The van der Waals surface area contributed by atoms with E-state index in [1.165, 1.54) is 0 Å². The van der Waals surface area contributed by atoms with Crippen molar-refractivity contribution >= 4 is 17.5 Å². The highest BCUT2D eigenvalue weighted by molar-refractivity contribution is 6.32. The number of hydrogen-bond acceptors (Lipinski definition) is 3. The first kappa shape index (κ1) is 15.1. The van der Waals surface area contributed by atoms with Gasteiger partial charge in [-0.2, -0.15) is 0 Å². The van der Waals surface area contributed by atoms with Gasteiger partial charge in [0, 0.05) is 13.1 Å². The predicted molar refractivity (Wildman–Crippen MR) is 79.9 cm³/mol. The van der Waals surface area contributed by atoms with Crippen molar-refractivity contribution in [2.45, 2.75) is 25.9 Å². The second kappa shape index (κ2) is 6.95. The van der Waals surface area contributed by atoms with E-state index in [1.54, 1.807) is 19.1 Å². The fraction of sp³-hybridized carbons (Fsp3) is 0.533. The summed E-state index contributed by atoms with van der Waals surface area (Å²) in [6, 6.07) is 7.19. The molecule has 4 nitrogen and oxygen atoms in total. The number of rotatable bonds is 4. The number of carbonyl (C=O) groups excluding carboxylic acids is 1. The number of amides is 1. The van der Waals surface area contributed by atoms with Crippen LogP contribution in [0.3, 0.4) is 0 Å². The highest BCUT2D eigenvalue weighted by atomic mass is 35.5. The van der Waals surface area contributed by atoms with Gasteiger partial charge in [-0.15, -0.1) is 0 Å². The third kappa shape index (κ3) is 3.64. The van der Waals surface area contributed by atoms with Gasteiger partial charge in [0.25, 0.3) is 5.91 Å². The number of benzene rings is 1. The minimum atomic E-state index is -0.524. The molecule has 1 aliphatic heterocycles. The van der Waals surface area contributed by atoms with E-state index >= 15 is 0 Å². The van der Waals surface area contributed by atoms with Crippen molar-refractivity contribution < 1.29 is 9.53 Å². The SMILES string of the molecule is C[C@H](Oc1ccccc1Cl)C(=O)N1CCC(CN)CC1. The van der Waals surface area contributed by atoms with Gasteiger partial charge in [-0.25, -0.2) is 0 Å². The molecule has 5 heteroatoms. The van der Waals surface area contributed by atoms with E-state index in [-0.39, 0.29) is 5.91 Å². The summed E-state index contributed by atoms with van der Waals surface area (Å²) < 4.78 is 5.67. The van der Waals surface area contributed by atoms with E-state index in [2.05, 4.69) is 0 Å². The zero-order valence-corrected chi connectivity index (χ0v) is 12.5. The third-order valence-electron chi connectivity index (χ3n) is 3.75. The Bertz CT molecular complexity index is 459. The van der Waals surface area contributed by atoms with Crippen LogP contribution >= 0.6 is 11.6 Å². The Hall–Kier alpha value is -1.26. The Labute approximate surface area is 124 Å². The highest BCUT2D eigenvalue weighted by Crippen LogP contribution is 2.25. The molecule has 0 radical (unpaired) electrons. The first-order chi connectivity index (χ1) is 9.61. The molecule has 1 aromatic rings. The Morgan fingerprint density at radius 2 is 2.10 bits per heavy atom. The van der Waals surface area contributed by atoms with Crippen molar-refractivity contribution in [3.8, 4) is 5.75 Å². The molecule has 1 atom stereocenters. The molecule has 20 heavy (non-hydrogen) atoms. The molecule has 0 unspecified atom stereocenters. The molecule has 0 aromatic heterocycles. The summed E-state index contributed by atoms with van der Waals surface area (Å²) in [7, 11) is 0. The largest absolute Gasteiger partial charge is 0.479 e. The number of piperidine rings is 1. The average Bonchev–Trinajstić information content (AvgIpc) is 2.49. The maximum atomic E-state index is 12.3. The summed E-state index contributed by atoms with van der Waals surface area (Å²) >= 11 is 6.03. The first-order valence-electron chi connectivity index (χ1n) is 7.02. The fourth-order valence-electron chi connectivity index (χ4n) is 2.43. The maximum Gasteiger partial charge on any atom is 0.263 e. The van der Waals surface area contributed by atoms with E-state index in [9.17, 15) is 4.79 Å². The Morgan fingerprint density at radius 1 is 1.45 bits per heavy atom. The molecule has 1 amide bonds. The molecular formula is C15H21ClN2O2. The molecule has 2 N–H and O–H groups in total. The fourth-order valence-corrected chi connectivity index (χ4v) is 2.61. The van der Waals surface area contributed by atoms with Crippen LogP contribution in [0, 0.1) is 5.92 Å². The van der Waals surface area contributed by atoms with Gasteiger partial charge in [0.05, 0.1) is 5.02 Å². The molecule has 110 valence electrons. The van der Waals surface area contributed by atoms with Crippen LogP contribution < -0.4 is 10.5 Å². The summed E-state index contributed by atoms with van der Waals surface area (Å²) in [4.78, 5) is 14.2. The van der Waals surface area contributed by atoms with E-state index in [1.807, 2.05) is 17.0 Å². The Balaban J connectivity index is 1.91. The average molecular weight is 297 g/mol. The van der Waals surface area contributed by atoms with Crippen LogP contribution in [0.25, 0.3) is 0 Å². The number of carbonyl (C=O) groups is 1. The number of para-hydroxylation sites is 1. The van der Waals surface area contributed by atoms with Gasteiger partial charge < -0.3 is 15.4 Å². The lowest BCUT2D eigenvalue weighted by atomic mass is 9.97. The monoisotopic (exact) mass is 296 g/mol. The van der Waals surface area contributed by atoms with Crippen LogP contribution in [0.1, 0.15) is 19.8 Å². The van der Waals surface area contributed by atoms with Crippen LogP contribution in [-0.4, -0.2) is 36.5 Å². The van der Waals surface area contributed by atoms with Crippen LogP contribution in [-0.2, 0) is 4.79 Å². The quantitative estimate of drug-likeness (QED) is 0.927. The van der Waals surface area contributed by atoms with Crippen molar-refractivity contribution in [2.75, 3.05) is 19.6 Å². The van der Waals surface area contributed by atoms with Crippen molar-refractivity contribution in [2.24, 2.45) is 11.7 Å². The summed E-state index contributed by atoms with van der Waals surface area (Å²) in [6.45, 7) is 3.99. The maximum absolute atomic E-state index is 12.3. The van der Waals surface area contributed by atoms with Gasteiger partial charge >= 0.3 is 0 Å². The minimum Gasteiger partial charge on any atom is -0.479 e. The van der Waals surface area contributed by atoms with Crippen LogP contribution in [0.5, 0.6) is 5.75 Å². The molecule has 0 aliphatic carbocycles. The minimum absolute atomic E-state index is 0.0143. The molecule has 1 fully saturated rings. The van der Waals surface area contributed by atoms with Crippen LogP contribution in [0.2, 0.25) is 5.02 Å². The lowest BCUT2D eigenvalue weighted by Gasteiger charge is -2.33. The first-order valence-corrected chi connectivity index (χ1v) is 7.39. The van der Waals surface area contributed by atoms with E-state index in [4.69, 9.17) is 22.1 Å². The lowest BCUT2D eigenvalue weighted by molar-refractivity contribution is -0.139. The Morgan fingerprint density at radius 3 is 2.70 bits per heavy atom. The second-order valence-corrected chi connectivity index (χ2v) is 5.60. The van der Waals surface area contributed by atoms with Crippen LogP contribution in [0.15, 0.2) is 24.3 Å². The van der Waals surface area contributed by atoms with Gasteiger partial charge in [0.15, 0.2) is 6.10 Å². The van der Waals surface area contributed by atoms with Crippen molar-refractivity contribution in [1.29, 1.82) is 0 Å². The highest BCUT2D eigenvalue weighted by Gasteiger charge is 2.26. The molecule has 1 heterocycles. The number of halogens is 1. The summed E-state index contributed by atoms with van der Waals surface area (Å²) in [6.07, 6.45) is 1.42. The predicted octanol–water partition coefficient (Wildman–Crippen LogP) is 2.30. The number of ether oxygens (including phenoxy) is 1. The normalized spacial score (nSPS) is 17.9. The van der Waals surface area contributed by atoms with Gasteiger partial charge in [-0.05, 0) is 44.4 Å². The van der Waals surface area contributed by atoms with Gasteiger partial charge in [0.1, 0.15) is 5.75 Å². The number of nitrogens with zero attached hydrogens (tertiary/aromatic N) is 1. The molecule has 2 rings (SSSR count). The summed E-state index contributed by atoms with van der Waals surface area (Å²) in [5.41, 5.74) is 5.66. The zero-order chi connectivity index (χ0) is 14.5. The number of nitrogens with two attached hydrogens (primary N) is 1. The molecular weight excluding hydrogens is 276 g/mol. The van der Waals surface area contributed by atoms with Gasteiger partial charge in [-0.3, -0.25) is 4.79 Å². The summed E-state index contributed by atoms with van der Waals surface area (Å²) in [5, 5.41) is 0.522. The second-order valence-electron chi connectivity index (χ2n) is 5.19. The zero-order valence-electron chi connectivity index (χ0n) is 11.7. The molecule has 0 bridgehead atoms. The molecule has 0 saturated carbocycles. The number of hydrogen-bond donors (Lipinski definition) is 1. The smallest absolute Gasteiger partial charge is 0.263 e. The molecule has 1 aliphatic rings. The van der Waals surface area contributed by atoms with Crippen molar-refractivity contribution in [3.05, 3.63) is 29.3 Å². The molecule has 0 spiro atoms. The topological polar surface area (TPSA) is 55.6 Å². The van der Waals surface area contributed by atoms with Crippen molar-refractivity contribution in [1.82, 2.24) is 4.90 Å². The van der Waals surface area contributed by atoms with E-state index < -0.39 is 6.10 Å². The lowest BCUT2D eigenvalue weighted by Crippen LogP contribution is -2.45. The van der Waals surface area contributed by atoms with E-state index in [0.29, 0.717) is 23.2 Å². The van der Waals surface area contributed by atoms with E-state index in [0.717, 1.165) is 25.9 Å². The molecule has 1 aromatic carbocycles. The van der Waals surface area contributed by atoms with Crippen LogP contribution in [0.4, 0.5) is 0 Å². The standard InChI is InChI=1S/C15H21ClN2O2/c1-11(20-14-5-3-2-4-13(14)16)15(19)18-8-6-12(10-17)7-9-18/h2-5,11-12H,6-10,17H2,1H3/t11-/m0/s1. The number of likely N-dealkylation sites (tertiary alicyclic amines) is 1. The van der Waals surface area contributed by atoms with Gasteiger partial charge in [0.2, 0.25) is 0 Å². The van der Waals surface area contributed by atoms with Gasteiger partial charge in [-0.1, -0.05) is 23.7 Å².